The highest BCUT2D eigenvalue weighted by Gasteiger charge is 2.44. The van der Waals surface area contributed by atoms with Gasteiger partial charge < -0.3 is 35.8 Å². The van der Waals surface area contributed by atoms with Crippen molar-refractivity contribution in [1.29, 1.82) is 0 Å². The van der Waals surface area contributed by atoms with Gasteiger partial charge in [-0.05, 0) is 105 Å². The van der Waals surface area contributed by atoms with Gasteiger partial charge in [-0.15, -0.1) is 11.3 Å². The van der Waals surface area contributed by atoms with Gasteiger partial charge in [-0.1, -0.05) is 82.9 Å². The predicted molar refractivity (Wildman–Crippen MR) is 291 cm³/mol. The summed E-state index contributed by atoms with van der Waals surface area (Å²) in [6.45, 7) is 15.8. The first-order valence-electron chi connectivity index (χ1n) is 26.1. The molecule has 0 bridgehead atoms. The lowest BCUT2D eigenvalue weighted by Crippen LogP contribution is -2.57. The van der Waals surface area contributed by atoms with E-state index in [0.29, 0.717) is 38.0 Å². The van der Waals surface area contributed by atoms with E-state index in [1.807, 2.05) is 88.4 Å². The number of rotatable bonds is 23. The number of aromatic nitrogens is 4. The van der Waals surface area contributed by atoms with Crippen LogP contribution in [0.5, 0.6) is 0 Å². The number of amides is 4. The number of β-amino-alcohol motifs (C(OH)–C–C–N with tert-alkyl or cyclic N) is 1. The first-order valence-corrected chi connectivity index (χ1v) is 27.0. The summed E-state index contributed by atoms with van der Waals surface area (Å²) in [6, 6.07) is 16.9. The van der Waals surface area contributed by atoms with Gasteiger partial charge in [0, 0.05) is 74.7 Å². The Labute approximate surface area is 439 Å². The fourth-order valence-corrected chi connectivity index (χ4v) is 10.9. The smallest absolute Gasteiger partial charge is 0.246 e. The van der Waals surface area contributed by atoms with Gasteiger partial charge in [0.15, 0.2) is 0 Å². The van der Waals surface area contributed by atoms with Gasteiger partial charge in [-0.3, -0.25) is 24.2 Å². The van der Waals surface area contributed by atoms with Gasteiger partial charge in [0.05, 0.1) is 51.5 Å². The Hall–Kier alpha value is -6.36. The van der Waals surface area contributed by atoms with Crippen molar-refractivity contribution < 1.29 is 28.7 Å². The number of hydrogen-bond acceptors (Lipinski definition) is 10. The van der Waals surface area contributed by atoms with Crippen LogP contribution >= 0.6 is 11.3 Å². The van der Waals surface area contributed by atoms with E-state index in [-0.39, 0.29) is 54.9 Å². The Morgan fingerprint density at radius 3 is 2.24 bits per heavy atom. The molecule has 1 saturated heterocycles. The third kappa shape index (κ3) is 14.1. The zero-order valence-electron chi connectivity index (χ0n) is 44.3. The molecule has 7 rings (SSSR count). The number of carbonyl (C=O) groups excluding carboxylic acids is 4. The van der Waals surface area contributed by atoms with E-state index < -0.39 is 23.6 Å². The van der Waals surface area contributed by atoms with Crippen LogP contribution in [0.4, 0.5) is 4.39 Å². The van der Waals surface area contributed by atoms with Crippen molar-refractivity contribution >= 4 is 45.9 Å². The number of aryl methyl sites for hydroxylation is 4. The first-order chi connectivity index (χ1) is 35.4. The van der Waals surface area contributed by atoms with Crippen LogP contribution in [-0.4, -0.2) is 91.0 Å². The number of unbranched alkanes of at least 4 members (excludes halogenated alkanes) is 5. The molecule has 0 spiro atoms. The van der Waals surface area contributed by atoms with Gasteiger partial charge in [-0.2, -0.15) is 0 Å². The van der Waals surface area contributed by atoms with Crippen LogP contribution in [0.25, 0.3) is 43.9 Å². The number of aliphatic hydroxyl groups excluding tert-OH is 1. The summed E-state index contributed by atoms with van der Waals surface area (Å²) in [5.41, 5.74) is 11.9. The third-order valence-corrected chi connectivity index (χ3v) is 15.0. The lowest BCUT2D eigenvalue weighted by atomic mass is 9.85. The molecule has 0 saturated carbocycles. The second-order valence-electron chi connectivity index (χ2n) is 21.1. The second-order valence-corrected chi connectivity index (χ2v) is 21.9. The normalized spacial score (nSPS) is 15.6. The van der Waals surface area contributed by atoms with Crippen LogP contribution < -0.4 is 21.3 Å². The Morgan fingerprint density at radius 2 is 1.54 bits per heavy atom. The van der Waals surface area contributed by atoms with Crippen molar-refractivity contribution in [3.63, 3.8) is 0 Å². The van der Waals surface area contributed by atoms with E-state index in [9.17, 15) is 28.7 Å². The summed E-state index contributed by atoms with van der Waals surface area (Å²) in [7, 11) is 1.97. The van der Waals surface area contributed by atoms with Gasteiger partial charge in [0.2, 0.25) is 23.6 Å². The van der Waals surface area contributed by atoms with E-state index in [1.165, 1.54) is 17.0 Å². The molecule has 74 heavy (non-hydrogen) atoms. The average Bonchev–Trinajstić information content (AvgIpc) is 4.08. The van der Waals surface area contributed by atoms with Gasteiger partial charge >= 0.3 is 0 Å². The number of nitrogens with one attached hydrogen (secondary N) is 4. The first kappa shape index (κ1) is 55.4. The molecule has 3 aromatic carbocycles. The van der Waals surface area contributed by atoms with E-state index >= 15 is 0 Å². The van der Waals surface area contributed by atoms with Gasteiger partial charge in [0.25, 0.3) is 0 Å². The van der Waals surface area contributed by atoms with Crippen molar-refractivity contribution in [2.24, 2.45) is 12.5 Å². The lowest BCUT2D eigenvalue weighted by Gasteiger charge is -2.35. The molecule has 4 amide bonds. The number of carbonyl (C=O) groups is 4. The molecule has 14 nitrogen and oxygen atoms in total. The largest absolute Gasteiger partial charge is 0.391 e. The third-order valence-electron chi connectivity index (χ3n) is 14.0. The Morgan fingerprint density at radius 1 is 0.838 bits per heavy atom. The Balaban J connectivity index is 0.758. The second kappa shape index (κ2) is 25.2. The van der Waals surface area contributed by atoms with Crippen molar-refractivity contribution in [2.75, 3.05) is 19.6 Å². The van der Waals surface area contributed by atoms with E-state index in [0.717, 1.165) is 105 Å². The topological polar surface area (TPSA) is 183 Å². The highest BCUT2D eigenvalue weighted by Crippen LogP contribution is 2.38. The SMILES string of the molecule is Cc1cc(CNCCCC(=O)NCCCCCCCCC(=O)N[C@H](C(=O)N2C[C@H](O)C[C@H]2C(=O)N[C@@H](C)c2ccc(-c3scnc3C)cc2)C(C)(C)C)cc(C)c1-c1ncn(C)c1-c1ccnc2cc(F)ccc12. The minimum Gasteiger partial charge on any atom is -0.391 e. The van der Waals surface area contributed by atoms with Crippen molar-refractivity contribution in [3.05, 3.63) is 112 Å². The molecule has 0 aliphatic carbocycles. The summed E-state index contributed by atoms with van der Waals surface area (Å²) >= 11 is 1.58. The number of likely N-dealkylation sites (tertiary alicyclic amines) is 1. The molecule has 0 radical (unpaired) electrons. The standard InChI is InChI=1S/C58H74FN9O5S/c1-36-28-40(29-37(2)51(36)52-53(67(8)34-63-52)46-24-27-61-47-30-43(59)22-23-45(46)47)32-60-25-15-17-49(70)62-26-14-12-10-9-11-13-16-50(71)66-55(58(5,6)7)57(73)68-33-44(69)31-48(68)56(72)65-38(3)41-18-20-42(21-19-41)54-39(4)64-35-74-54/h18-24,27-30,34-35,38,44,48,55,60,69H,9-17,25-26,31-33H2,1-8H3,(H,62,70)(H,65,72)(H,66,71)/t38-,44+,48-,55+/m0/s1. The van der Waals surface area contributed by atoms with Crippen LogP contribution in [0.15, 0.2) is 78.7 Å². The van der Waals surface area contributed by atoms with Crippen LogP contribution in [0.2, 0.25) is 0 Å². The van der Waals surface area contributed by atoms with E-state index in [1.54, 1.807) is 23.6 Å². The maximum atomic E-state index is 14.1. The summed E-state index contributed by atoms with van der Waals surface area (Å²) in [6.07, 6.45) is 9.63. The molecule has 4 atom stereocenters. The van der Waals surface area contributed by atoms with E-state index in [2.05, 4.69) is 57.2 Å². The quantitative estimate of drug-likeness (QED) is 0.0390. The number of pyridine rings is 1. The molecule has 3 aromatic heterocycles. The number of nitrogens with zero attached hydrogens (tertiary/aromatic N) is 5. The summed E-state index contributed by atoms with van der Waals surface area (Å²) in [5.74, 6) is -1.20. The van der Waals surface area contributed by atoms with Crippen molar-refractivity contribution in [3.8, 4) is 33.0 Å². The number of halogens is 1. The zero-order chi connectivity index (χ0) is 53.1. The number of benzene rings is 3. The molecule has 5 N–H and O–H groups in total. The predicted octanol–water partition coefficient (Wildman–Crippen LogP) is 9.58. The molecule has 0 unspecified atom stereocenters. The summed E-state index contributed by atoms with van der Waals surface area (Å²) < 4.78 is 16.0. The van der Waals surface area contributed by atoms with Crippen molar-refractivity contribution in [2.45, 2.75) is 143 Å². The van der Waals surface area contributed by atoms with Gasteiger partial charge in [0.1, 0.15) is 17.9 Å². The monoisotopic (exact) mass is 1030 g/mol. The molecular weight excluding hydrogens is 954 g/mol. The minimum absolute atomic E-state index is 0.0194. The summed E-state index contributed by atoms with van der Waals surface area (Å²) in [5, 5.41) is 24.1. The maximum absolute atomic E-state index is 14.1. The number of imidazole rings is 1. The van der Waals surface area contributed by atoms with Crippen LogP contribution in [0.1, 0.15) is 126 Å². The molecule has 6 aromatic rings. The molecule has 4 heterocycles. The minimum atomic E-state index is -0.870. The number of fused-ring (bicyclic) bond motifs is 1. The fourth-order valence-electron chi connectivity index (χ4n) is 10.1. The highest BCUT2D eigenvalue weighted by molar-refractivity contribution is 7.13. The molecule has 16 heteroatoms. The highest BCUT2D eigenvalue weighted by atomic mass is 32.1. The van der Waals surface area contributed by atoms with Gasteiger partial charge in [-0.25, -0.2) is 14.4 Å². The number of thiazole rings is 1. The van der Waals surface area contributed by atoms with Crippen LogP contribution in [0.3, 0.4) is 0 Å². The number of aliphatic hydroxyl groups is 1. The Kier molecular flexibility index (Phi) is 18.9. The average molecular weight is 1030 g/mol. The van der Waals surface area contributed by atoms with Crippen LogP contribution in [0, 0.1) is 32.0 Å². The Bertz CT molecular complexity index is 2890. The zero-order valence-corrected chi connectivity index (χ0v) is 45.1. The molecular formula is C58H74FN9O5S. The molecule has 1 fully saturated rings. The van der Waals surface area contributed by atoms with E-state index in [4.69, 9.17) is 4.98 Å². The van der Waals surface area contributed by atoms with Crippen LogP contribution in [-0.2, 0) is 32.8 Å². The summed E-state index contributed by atoms with van der Waals surface area (Å²) in [4.78, 5) is 69.7. The molecule has 394 valence electrons. The fraction of sp³-hybridized carbons (Fsp3) is 0.466. The molecule has 1 aliphatic rings. The lowest BCUT2D eigenvalue weighted by molar-refractivity contribution is -0.144. The van der Waals surface area contributed by atoms with Crippen molar-refractivity contribution in [1.82, 2.24) is 45.7 Å². The number of hydrogen-bond donors (Lipinski definition) is 5. The molecule has 1 aliphatic heterocycles. The maximum Gasteiger partial charge on any atom is 0.246 e.